The molecule has 0 fully saturated rings. The predicted octanol–water partition coefficient (Wildman–Crippen LogP) is 3.18. The van der Waals surface area contributed by atoms with Crippen molar-refractivity contribution in [2.24, 2.45) is 0 Å². The summed E-state index contributed by atoms with van der Waals surface area (Å²) in [6.07, 6.45) is 1.74. The molecular formula is C14H13N3OS2. The van der Waals surface area contributed by atoms with Crippen LogP contribution in [0.15, 0.2) is 29.8 Å². The fourth-order valence-corrected chi connectivity index (χ4v) is 3.73. The van der Waals surface area contributed by atoms with Crippen LogP contribution in [-0.4, -0.2) is 10.9 Å². The lowest BCUT2D eigenvalue weighted by molar-refractivity contribution is 0.0956. The first kappa shape index (κ1) is 13.1. The van der Waals surface area contributed by atoms with Gasteiger partial charge >= 0.3 is 0 Å². The quantitative estimate of drug-likeness (QED) is 0.781. The topological polar surface area (TPSA) is 68.0 Å². The molecular weight excluding hydrogens is 290 g/mol. The molecule has 102 valence electrons. The second-order valence-electron chi connectivity index (χ2n) is 4.41. The summed E-state index contributed by atoms with van der Waals surface area (Å²) in [6, 6.07) is 5.86. The minimum Gasteiger partial charge on any atom is -0.397 e. The number of nitrogens with two attached hydrogens (primary N) is 1. The van der Waals surface area contributed by atoms with E-state index < -0.39 is 0 Å². The van der Waals surface area contributed by atoms with Crippen LogP contribution in [0.2, 0.25) is 0 Å². The van der Waals surface area contributed by atoms with Crippen molar-refractivity contribution < 1.29 is 4.79 Å². The molecule has 0 aliphatic heterocycles. The van der Waals surface area contributed by atoms with Crippen molar-refractivity contribution in [1.82, 2.24) is 10.3 Å². The van der Waals surface area contributed by atoms with Gasteiger partial charge in [-0.15, -0.1) is 22.7 Å². The van der Waals surface area contributed by atoms with Gasteiger partial charge in [0.15, 0.2) is 0 Å². The van der Waals surface area contributed by atoms with Crippen LogP contribution < -0.4 is 11.1 Å². The third-order valence-electron chi connectivity index (χ3n) is 3.05. The lowest BCUT2D eigenvalue weighted by Gasteiger charge is -2.02. The van der Waals surface area contributed by atoms with E-state index in [2.05, 4.69) is 10.3 Å². The summed E-state index contributed by atoms with van der Waals surface area (Å²) in [4.78, 5) is 19.0. The van der Waals surface area contributed by atoms with Crippen LogP contribution in [0.5, 0.6) is 0 Å². The standard InChI is InChI=1S/C14H13N3OS2/c1-8-4-5-16-14-10(8)11(15)12(20-14)13(18)17-7-9-3-2-6-19-9/h2-6H,7,15H2,1H3,(H,17,18). The Morgan fingerprint density at radius 1 is 1.45 bits per heavy atom. The van der Waals surface area contributed by atoms with Crippen LogP contribution in [-0.2, 0) is 6.54 Å². The molecule has 0 saturated heterocycles. The van der Waals surface area contributed by atoms with E-state index in [-0.39, 0.29) is 5.91 Å². The first-order chi connectivity index (χ1) is 9.66. The number of anilines is 1. The Balaban J connectivity index is 1.88. The number of rotatable bonds is 3. The SMILES string of the molecule is Cc1ccnc2sc(C(=O)NCc3cccs3)c(N)c12. The molecule has 0 saturated carbocycles. The minimum absolute atomic E-state index is 0.140. The third kappa shape index (κ3) is 2.28. The maximum Gasteiger partial charge on any atom is 0.263 e. The van der Waals surface area contributed by atoms with Crippen LogP contribution >= 0.6 is 22.7 Å². The summed E-state index contributed by atoms with van der Waals surface area (Å²) < 4.78 is 0. The first-order valence-corrected chi connectivity index (χ1v) is 7.80. The van der Waals surface area contributed by atoms with Crippen LogP contribution in [0.25, 0.3) is 10.2 Å². The maximum atomic E-state index is 12.2. The van der Waals surface area contributed by atoms with E-state index in [1.165, 1.54) is 11.3 Å². The number of fused-ring (bicyclic) bond motifs is 1. The molecule has 4 nitrogen and oxygen atoms in total. The van der Waals surface area contributed by atoms with Gasteiger partial charge in [0, 0.05) is 16.5 Å². The van der Waals surface area contributed by atoms with Gasteiger partial charge in [-0.3, -0.25) is 4.79 Å². The zero-order chi connectivity index (χ0) is 14.1. The van der Waals surface area contributed by atoms with Crippen molar-refractivity contribution in [1.29, 1.82) is 0 Å². The highest BCUT2D eigenvalue weighted by molar-refractivity contribution is 7.21. The highest BCUT2D eigenvalue weighted by atomic mass is 32.1. The first-order valence-electron chi connectivity index (χ1n) is 6.11. The Morgan fingerprint density at radius 2 is 2.30 bits per heavy atom. The normalized spacial score (nSPS) is 10.8. The number of carbonyl (C=O) groups excluding carboxylic acids is 1. The van der Waals surface area contributed by atoms with E-state index >= 15 is 0 Å². The number of nitrogens with one attached hydrogen (secondary N) is 1. The molecule has 3 N–H and O–H groups in total. The fraction of sp³-hybridized carbons (Fsp3) is 0.143. The predicted molar refractivity (Wildman–Crippen MR) is 84.3 cm³/mol. The van der Waals surface area contributed by atoms with Gasteiger partial charge in [0.1, 0.15) is 9.71 Å². The molecule has 3 aromatic heterocycles. The maximum absolute atomic E-state index is 12.2. The molecule has 0 aliphatic rings. The number of carbonyl (C=O) groups is 1. The highest BCUT2D eigenvalue weighted by Crippen LogP contribution is 2.34. The summed E-state index contributed by atoms with van der Waals surface area (Å²) in [7, 11) is 0. The number of hydrogen-bond donors (Lipinski definition) is 2. The second-order valence-corrected chi connectivity index (χ2v) is 6.45. The van der Waals surface area contributed by atoms with E-state index in [4.69, 9.17) is 5.73 Å². The Hall–Kier alpha value is -1.92. The molecule has 0 unspecified atom stereocenters. The number of hydrogen-bond acceptors (Lipinski definition) is 5. The zero-order valence-electron chi connectivity index (χ0n) is 10.8. The molecule has 0 aromatic carbocycles. The van der Waals surface area contributed by atoms with E-state index in [1.807, 2.05) is 30.5 Å². The fourth-order valence-electron chi connectivity index (χ4n) is 2.03. The van der Waals surface area contributed by atoms with Crippen LogP contribution in [0.1, 0.15) is 20.1 Å². The summed E-state index contributed by atoms with van der Waals surface area (Å²) in [6.45, 7) is 2.50. The highest BCUT2D eigenvalue weighted by Gasteiger charge is 2.18. The Morgan fingerprint density at radius 3 is 3.00 bits per heavy atom. The van der Waals surface area contributed by atoms with E-state index in [1.54, 1.807) is 17.5 Å². The number of nitrogen functional groups attached to an aromatic ring is 1. The number of aromatic nitrogens is 1. The molecule has 3 aromatic rings. The molecule has 20 heavy (non-hydrogen) atoms. The van der Waals surface area contributed by atoms with Crippen LogP contribution in [0, 0.1) is 6.92 Å². The lowest BCUT2D eigenvalue weighted by atomic mass is 10.2. The lowest BCUT2D eigenvalue weighted by Crippen LogP contribution is -2.22. The molecule has 3 heterocycles. The van der Waals surface area contributed by atoms with Gasteiger partial charge in [0.25, 0.3) is 5.91 Å². The van der Waals surface area contributed by atoms with Gasteiger partial charge in [-0.25, -0.2) is 4.98 Å². The smallest absolute Gasteiger partial charge is 0.263 e. The molecule has 3 rings (SSSR count). The summed E-state index contributed by atoms with van der Waals surface area (Å²) >= 11 is 2.96. The van der Waals surface area contributed by atoms with Gasteiger partial charge < -0.3 is 11.1 Å². The molecule has 0 aliphatic carbocycles. The summed E-state index contributed by atoms with van der Waals surface area (Å²) in [5, 5.41) is 5.77. The number of nitrogens with zero attached hydrogens (tertiary/aromatic N) is 1. The number of aryl methyl sites for hydroxylation is 1. The molecule has 0 spiro atoms. The van der Waals surface area contributed by atoms with Gasteiger partial charge in [-0.1, -0.05) is 6.07 Å². The Labute approximate surface area is 124 Å². The number of pyridine rings is 1. The van der Waals surface area contributed by atoms with Crippen molar-refractivity contribution in [2.75, 3.05) is 5.73 Å². The van der Waals surface area contributed by atoms with E-state index in [0.29, 0.717) is 17.1 Å². The number of amides is 1. The van der Waals surface area contributed by atoms with Crippen molar-refractivity contribution in [3.05, 3.63) is 45.1 Å². The van der Waals surface area contributed by atoms with Gasteiger partial charge in [-0.05, 0) is 30.0 Å². The molecule has 6 heteroatoms. The largest absolute Gasteiger partial charge is 0.397 e. The molecule has 1 amide bonds. The Kier molecular flexibility index (Phi) is 3.42. The van der Waals surface area contributed by atoms with Crippen molar-refractivity contribution in [2.45, 2.75) is 13.5 Å². The van der Waals surface area contributed by atoms with Gasteiger partial charge in [0.05, 0.1) is 12.2 Å². The van der Waals surface area contributed by atoms with Crippen molar-refractivity contribution in [3.63, 3.8) is 0 Å². The van der Waals surface area contributed by atoms with Crippen LogP contribution in [0.3, 0.4) is 0 Å². The average Bonchev–Trinajstić information content (AvgIpc) is 3.05. The third-order valence-corrected chi connectivity index (χ3v) is 5.04. The van der Waals surface area contributed by atoms with Gasteiger partial charge in [0.2, 0.25) is 0 Å². The van der Waals surface area contributed by atoms with Crippen LogP contribution in [0.4, 0.5) is 5.69 Å². The summed E-state index contributed by atoms with van der Waals surface area (Å²) in [5.74, 6) is -0.140. The van der Waals surface area contributed by atoms with E-state index in [9.17, 15) is 4.79 Å². The second kappa shape index (κ2) is 5.22. The summed E-state index contributed by atoms with van der Waals surface area (Å²) in [5.41, 5.74) is 7.67. The molecule has 0 bridgehead atoms. The average molecular weight is 303 g/mol. The minimum atomic E-state index is -0.140. The van der Waals surface area contributed by atoms with Crippen molar-refractivity contribution in [3.8, 4) is 0 Å². The Bertz CT molecular complexity index is 762. The van der Waals surface area contributed by atoms with Gasteiger partial charge in [-0.2, -0.15) is 0 Å². The monoisotopic (exact) mass is 303 g/mol. The van der Waals surface area contributed by atoms with E-state index in [0.717, 1.165) is 20.7 Å². The zero-order valence-corrected chi connectivity index (χ0v) is 12.5. The number of thiophene rings is 2. The van der Waals surface area contributed by atoms with Crippen molar-refractivity contribution >= 4 is 44.5 Å². The molecule has 0 radical (unpaired) electrons. The molecule has 0 atom stereocenters.